The molecule has 3 nitrogen and oxygen atoms in total. The van der Waals surface area contributed by atoms with Gasteiger partial charge in [-0.25, -0.2) is 0 Å². The molecule has 0 heterocycles. The molecule has 104 valence electrons. The van der Waals surface area contributed by atoms with Gasteiger partial charge in [0.05, 0.1) is 11.9 Å². The van der Waals surface area contributed by atoms with E-state index in [2.05, 4.69) is 5.32 Å². The topological polar surface area (TPSA) is 49.3 Å². The highest BCUT2D eigenvalue weighted by Crippen LogP contribution is 2.24. The van der Waals surface area contributed by atoms with Crippen LogP contribution in [0.15, 0.2) is 29.2 Å². The summed E-state index contributed by atoms with van der Waals surface area (Å²) in [5.74, 6) is 0.887. The van der Waals surface area contributed by atoms with Gasteiger partial charge in [0, 0.05) is 16.5 Å². The molecule has 2 N–H and O–H groups in total. The van der Waals surface area contributed by atoms with Gasteiger partial charge in [-0.2, -0.15) is 0 Å². The van der Waals surface area contributed by atoms with Gasteiger partial charge in [0.15, 0.2) is 0 Å². The number of carbonyl (C=O) groups is 1. The molecule has 1 fully saturated rings. The summed E-state index contributed by atoms with van der Waals surface area (Å²) >= 11 is 7.30. The molecule has 1 aliphatic carbocycles. The third-order valence-corrected chi connectivity index (χ3v) is 4.55. The fourth-order valence-electron chi connectivity index (χ4n) is 2.22. The van der Waals surface area contributed by atoms with Crippen molar-refractivity contribution in [2.24, 2.45) is 5.92 Å². The Morgan fingerprint density at radius 3 is 2.74 bits per heavy atom. The molecule has 0 saturated heterocycles. The zero-order valence-corrected chi connectivity index (χ0v) is 12.2. The summed E-state index contributed by atoms with van der Waals surface area (Å²) in [7, 11) is 0. The molecule has 0 radical (unpaired) electrons. The van der Waals surface area contributed by atoms with E-state index >= 15 is 0 Å². The molecular formula is C14H18ClNO2S. The Morgan fingerprint density at radius 2 is 2.11 bits per heavy atom. The summed E-state index contributed by atoms with van der Waals surface area (Å²) in [6, 6.07) is 7.46. The number of nitrogens with one attached hydrogen (secondary N) is 1. The largest absolute Gasteiger partial charge is 0.393 e. The third kappa shape index (κ3) is 5.05. The molecule has 5 heteroatoms. The van der Waals surface area contributed by atoms with Crippen LogP contribution in [0.2, 0.25) is 5.02 Å². The van der Waals surface area contributed by atoms with Crippen molar-refractivity contribution in [1.29, 1.82) is 0 Å². The number of aliphatic hydroxyl groups excluding tert-OH is 1. The second kappa shape index (κ2) is 7.17. The van der Waals surface area contributed by atoms with Crippen molar-refractivity contribution in [2.45, 2.75) is 30.3 Å². The van der Waals surface area contributed by atoms with E-state index in [4.69, 9.17) is 11.6 Å². The van der Waals surface area contributed by atoms with Crippen molar-refractivity contribution in [1.82, 2.24) is 5.32 Å². The van der Waals surface area contributed by atoms with E-state index in [0.29, 0.717) is 23.2 Å². The number of aliphatic hydroxyl groups is 1. The summed E-state index contributed by atoms with van der Waals surface area (Å²) in [5.41, 5.74) is 0. The van der Waals surface area contributed by atoms with Crippen molar-refractivity contribution >= 4 is 29.3 Å². The zero-order valence-electron chi connectivity index (χ0n) is 10.6. The SMILES string of the molecule is O=C(CSc1ccc(Cl)cc1)NCC1CCC(O)C1. The van der Waals surface area contributed by atoms with E-state index < -0.39 is 0 Å². The number of hydrogen-bond acceptors (Lipinski definition) is 3. The van der Waals surface area contributed by atoms with Crippen LogP contribution in [0.25, 0.3) is 0 Å². The molecule has 0 aromatic heterocycles. The molecule has 2 rings (SSSR count). The lowest BCUT2D eigenvalue weighted by molar-refractivity contribution is -0.118. The maximum Gasteiger partial charge on any atom is 0.230 e. The highest BCUT2D eigenvalue weighted by molar-refractivity contribution is 8.00. The van der Waals surface area contributed by atoms with Gasteiger partial charge in [0.2, 0.25) is 5.91 Å². The Balaban J connectivity index is 1.65. The van der Waals surface area contributed by atoms with E-state index in [1.165, 1.54) is 11.8 Å². The molecule has 0 aliphatic heterocycles. The second-order valence-electron chi connectivity index (χ2n) is 4.88. The van der Waals surface area contributed by atoms with Gasteiger partial charge in [-0.15, -0.1) is 11.8 Å². The third-order valence-electron chi connectivity index (χ3n) is 3.29. The average molecular weight is 300 g/mol. The minimum atomic E-state index is -0.176. The summed E-state index contributed by atoms with van der Waals surface area (Å²) in [6.45, 7) is 0.678. The first-order valence-corrected chi connectivity index (χ1v) is 7.83. The van der Waals surface area contributed by atoms with Crippen molar-refractivity contribution in [3.63, 3.8) is 0 Å². The molecule has 1 amide bonds. The molecule has 19 heavy (non-hydrogen) atoms. The number of amides is 1. The summed E-state index contributed by atoms with van der Waals surface area (Å²) in [5, 5.41) is 13.0. The van der Waals surface area contributed by atoms with Gasteiger partial charge in [-0.05, 0) is 49.4 Å². The van der Waals surface area contributed by atoms with E-state index in [-0.39, 0.29) is 12.0 Å². The van der Waals surface area contributed by atoms with Crippen molar-refractivity contribution in [3.05, 3.63) is 29.3 Å². The number of hydrogen-bond donors (Lipinski definition) is 2. The summed E-state index contributed by atoms with van der Waals surface area (Å²) in [6.07, 6.45) is 2.50. The van der Waals surface area contributed by atoms with Crippen LogP contribution in [0.3, 0.4) is 0 Å². The number of rotatable bonds is 5. The molecule has 1 aromatic rings. The molecule has 2 unspecified atom stereocenters. The van der Waals surface area contributed by atoms with Crippen LogP contribution < -0.4 is 5.32 Å². The smallest absolute Gasteiger partial charge is 0.230 e. The van der Waals surface area contributed by atoms with E-state index in [9.17, 15) is 9.90 Å². The monoisotopic (exact) mass is 299 g/mol. The van der Waals surface area contributed by atoms with Gasteiger partial charge >= 0.3 is 0 Å². The fraction of sp³-hybridized carbons (Fsp3) is 0.500. The maximum atomic E-state index is 11.7. The van der Waals surface area contributed by atoms with Crippen molar-refractivity contribution in [3.8, 4) is 0 Å². The van der Waals surface area contributed by atoms with Crippen LogP contribution in [0.4, 0.5) is 0 Å². The minimum Gasteiger partial charge on any atom is -0.393 e. The first-order valence-electron chi connectivity index (χ1n) is 6.46. The van der Waals surface area contributed by atoms with Crippen molar-refractivity contribution < 1.29 is 9.90 Å². The van der Waals surface area contributed by atoms with Crippen LogP contribution in [-0.4, -0.2) is 29.4 Å². The first-order chi connectivity index (χ1) is 9.13. The molecule has 1 aliphatic rings. The first kappa shape index (κ1) is 14.7. The zero-order chi connectivity index (χ0) is 13.7. The van der Waals surface area contributed by atoms with E-state index in [1.54, 1.807) is 0 Å². The highest BCUT2D eigenvalue weighted by Gasteiger charge is 2.22. The number of carbonyl (C=O) groups excluding carboxylic acids is 1. The number of thioether (sulfide) groups is 1. The normalized spacial score (nSPS) is 22.4. The fourth-order valence-corrected chi connectivity index (χ4v) is 3.08. The number of benzene rings is 1. The lowest BCUT2D eigenvalue weighted by Crippen LogP contribution is -2.30. The molecule has 0 spiro atoms. The van der Waals surface area contributed by atoms with E-state index in [1.807, 2.05) is 24.3 Å². The molecule has 1 aromatic carbocycles. The van der Waals surface area contributed by atoms with Crippen LogP contribution in [0.1, 0.15) is 19.3 Å². The standard InChI is InChI=1S/C14H18ClNO2S/c15-11-2-5-13(6-3-11)19-9-14(18)16-8-10-1-4-12(17)7-10/h2-3,5-6,10,12,17H,1,4,7-9H2,(H,16,18). The van der Waals surface area contributed by atoms with Crippen LogP contribution in [-0.2, 0) is 4.79 Å². The second-order valence-corrected chi connectivity index (χ2v) is 6.36. The quantitative estimate of drug-likeness (QED) is 0.822. The Kier molecular flexibility index (Phi) is 5.55. The molecule has 0 bridgehead atoms. The lowest BCUT2D eigenvalue weighted by atomic mass is 10.1. The molecule has 1 saturated carbocycles. The molecule has 2 atom stereocenters. The van der Waals surface area contributed by atoms with Gasteiger partial charge in [0.1, 0.15) is 0 Å². The Morgan fingerprint density at radius 1 is 1.37 bits per heavy atom. The summed E-state index contributed by atoms with van der Waals surface area (Å²) < 4.78 is 0. The van der Waals surface area contributed by atoms with Crippen molar-refractivity contribution in [2.75, 3.05) is 12.3 Å². The van der Waals surface area contributed by atoms with Crippen LogP contribution >= 0.6 is 23.4 Å². The molecular weight excluding hydrogens is 282 g/mol. The van der Waals surface area contributed by atoms with Gasteiger partial charge in [-0.1, -0.05) is 11.6 Å². The van der Waals surface area contributed by atoms with Gasteiger partial charge in [-0.3, -0.25) is 4.79 Å². The Bertz CT molecular complexity index is 424. The number of halogens is 1. The Labute approximate surface area is 122 Å². The van der Waals surface area contributed by atoms with Gasteiger partial charge in [0.25, 0.3) is 0 Å². The van der Waals surface area contributed by atoms with Crippen LogP contribution in [0, 0.1) is 5.92 Å². The van der Waals surface area contributed by atoms with Crippen LogP contribution in [0.5, 0.6) is 0 Å². The maximum absolute atomic E-state index is 11.7. The van der Waals surface area contributed by atoms with Gasteiger partial charge < -0.3 is 10.4 Å². The highest BCUT2D eigenvalue weighted by atomic mass is 35.5. The van der Waals surface area contributed by atoms with E-state index in [0.717, 1.165) is 24.2 Å². The predicted octanol–water partition coefficient (Wildman–Crippen LogP) is 2.71. The summed E-state index contributed by atoms with van der Waals surface area (Å²) in [4.78, 5) is 12.7. The lowest BCUT2D eigenvalue weighted by Gasteiger charge is -2.10. The minimum absolute atomic E-state index is 0.0429. The average Bonchev–Trinajstić information content (AvgIpc) is 2.81. The Hall–Kier alpha value is -0.710. The predicted molar refractivity (Wildman–Crippen MR) is 78.5 cm³/mol.